The summed E-state index contributed by atoms with van der Waals surface area (Å²) in [5.41, 5.74) is 7.71. The highest BCUT2D eigenvalue weighted by atomic mass is 35.5. The van der Waals surface area contributed by atoms with Gasteiger partial charge in [-0.3, -0.25) is 0 Å². The molecule has 0 bridgehead atoms. The summed E-state index contributed by atoms with van der Waals surface area (Å²) in [5, 5.41) is 3.38. The zero-order valence-corrected chi connectivity index (χ0v) is 10.7. The van der Waals surface area contributed by atoms with Crippen molar-refractivity contribution in [3.63, 3.8) is 0 Å². The first-order valence-corrected chi connectivity index (χ1v) is 4.88. The largest absolute Gasteiger partial charge is 0.399 e. The van der Waals surface area contributed by atoms with Crippen molar-refractivity contribution in [1.29, 1.82) is 0 Å². The predicted molar refractivity (Wildman–Crippen MR) is 72.0 cm³/mol. The number of nitrogens with one attached hydrogen (secondary N) is 1. The molecule has 0 atom stereocenters. The van der Waals surface area contributed by atoms with E-state index in [-0.39, 0.29) is 24.8 Å². The zero-order valence-electron chi connectivity index (χ0n) is 9.03. The number of unbranched alkanes of at least 4 members (excludes halogenated alkanes) is 1. The van der Waals surface area contributed by atoms with E-state index in [0.717, 1.165) is 18.8 Å². The molecule has 15 heavy (non-hydrogen) atoms. The number of anilines is 1. The number of halogens is 2. The van der Waals surface area contributed by atoms with Gasteiger partial charge in [-0.1, -0.05) is 25.5 Å². The van der Waals surface area contributed by atoms with Crippen molar-refractivity contribution in [3.05, 3.63) is 29.8 Å². The summed E-state index contributed by atoms with van der Waals surface area (Å²) < 4.78 is 0. The third-order valence-corrected chi connectivity index (χ3v) is 2.02. The van der Waals surface area contributed by atoms with Crippen molar-refractivity contribution in [1.82, 2.24) is 5.32 Å². The minimum Gasteiger partial charge on any atom is -0.399 e. The second kappa shape index (κ2) is 10.1. The molecule has 0 heterocycles. The minimum absolute atomic E-state index is 0. The molecule has 0 radical (unpaired) electrons. The third kappa shape index (κ3) is 7.48. The van der Waals surface area contributed by atoms with E-state index in [1.54, 1.807) is 0 Å². The number of nitrogen functional groups attached to an aromatic ring is 1. The monoisotopic (exact) mass is 250 g/mol. The van der Waals surface area contributed by atoms with Gasteiger partial charge in [-0.05, 0) is 30.7 Å². The molecule has 0 aliphatic carbocycles. The van der Waals surface area contributed by atoms with Gasteiger partial charge in [0.05, 0.1) is 0 Å². The highest BCUT2D eigenvalue weighted by molar-refractivity contribution is 5.85. The van der Waals surface area contributed by atoms with Crippen molar-refractivity contribution < 1.29 is 0 Å². The topological polar surface area (TPSA) is 38.0 Å². The van der Waals surface area contributed by atoms with Crippen molar-refractivity contribution in [2.45, 2.75) is 26.3 Å². The van der Waals surface area contributed by atoms with Crippen LogP contribution in [0.1, 0.15) is 25.3 Å². The van der Waals surface area contributed by atoms with Crippen LogP contribution < -0.4 is 11.1 Å². The van der Waals surface area contributed by atoms with Crippen LogP contribution in [0.2, 0.25) is 0 Å². The summed E-state index contributed by atoms with van der Waals surface area (Å²) in [4.78, 5) is 0. The van der Waals surface area contributed by atoms with Crippen LogP contribution in [0.4, 0.5) is 5.69 Å². The average Bonchev–Trinajstić information content (AvgIpc) is 2.15. The Morgan fingerprint density at radius 2 is 1.73 bits per heavy atom. The molecule has 3 N–H and O–H groups in total. The van der Waals surface area contributed by atoms with Crippen LogP contribution >= 0.6 is 24.8 Å². The van der Waals surface area contributed by atoms with E-state index >= 15 is 0 Å². The van der Waals surface area contributed by atoms with E-state index in [0.29, 0.717) is 0 Å². The number of nitrogens with two attached hydrogens (primary N) is 1. The smallest absolute Gasteiger partial charge is 0.0314 e. The Morgan fingerprint density at radius 1 is 1.13 bits per heavy atom. The summed E-state index contributed by atoms with van der Waals surface area (Å²) in [7, 11) is 0. The molecule has 0 aliphatic rings. The maximum absolute atomic E-state index is 5.58. The highest BCUT2D eigenvalue weighted by Gasteiger charge is 1.91. The average molecular weight is 251 g/mol. The second-order valence-electron chi connectivity index (χ2n) is 3.27. The molecule has 0 amide bonds. The molecule has 1 rings (SSSR count). The van der Waals surface area contributed by atoms with Crippen LogP contribution in [0.5, 0.6) is 0 Å². The molecule has 88 valence electrons. The number of hydrogen-bond acceptors (Lipinski definition) is 2. The van der Waals surface area contributed by atoms with Crippen molar-refractivity contribution in [2.75, 3.05) is 12.3 Å². The van der Waals surface area contributed by atoms with Gasteiger partial charge in [-0.2, -0.15) is 0 Å². The predicted octanol–water partition coefficient (Wildman–Crippen LogP) is 3.00. The van der Waals surface area contributed by atoms with Gasteiger partial charge in [0.2, 0.25) is 0 Å². The van der Waals surface area contributed by atoms with Gasteiger partial charge in [0.15, 0.2) is 0 Å². The molecular weight excluding hydrogens is 231 g/mol. The van der Waals surface area contributed by atoms with E-state index in [4.69, 9.17) is 5.73 Å². The number of rotatable bonds is 5. The first kappa shape index (κ1) is 17.0. The first-order valence-electron chi connectivity index (χ1n) is 4.88. The molecule has 0 saturated carbocycles. The van der Waals surface area contributed by atoms with Crippen LogP contribution in [-0.4, -0.2) is 6.54 Å². The lowest BCUT2D eigenvalue weighted by Crippen LogP contribution is -2.14. The lowest BCUT2D eigenvalue weighted by atomic mass is 10.2. The van der Waals surface area contributed by atoms with Gasteiger partial charge in [0, 0.05) is 12.2 Å². The Labute approximate surface area is 104 Å². The molecule has 0 saturated heterocycles. The third-order valence-electron chi connectivity index (χ3n) is 2.02. The quantitative estimate of drug-likeness (QED) is 0.623. The SMILES string of the molecule is CCCCNCc1ccc(N)cc1.Cl.Cl. The maximum Gasteiger partial charge on any atom is 0.0314 e. The van der Waals surface area contributed by atoms with Gasteiger partial charge in [-0.25, -0.2) is 0 Å². The highest BCUT2D eigenvalue weighted by Crippen LogP contribution is 2.04. The first-order chi connectivity index (χ1) is 6.33. The summed E-state index contributed by atoms with van der Waals surface area (Å²) in [5.74, 6) is 0. The molecule has 4 heteroatoms. The van der Waals surface area contributed by atoms with Crippen LogP contribution in [0.25, 0.3) is 0 Å². The van der Waals surface area contributed by atoms with Crippen molar-refractivity contribution in [2.24, 2.45) is 0 Å². The van der Waals surface area contributed by atoms with Gasteiger partial charge < -0.3 is 11.1 Å². The number of benzene rings is 1. The van der Waals surface area contributed by atoms with Crippen LogP contribution in [0, 0.1) is 0 Å². The minimum atomic E-state index is 0. The molecule has 2 nitrogen and oxygen atoms in total. The summed E-state index contributed by atoms with van der Waals surface area (Å²) in [6.07, 6.45) is 2.49. The Bertz CT molecular complexity index is 237. The van der Waals surface area contributed by atoms with Crippen LogP contribution in [-0.2, 0) is 6.54 Å². The second-order valence-corrected chi connectivity index (χ2v) is 3.27. The van der Waals surface area contributed by atoms with E-state index < -0.39 is 0 Å². The van der Waals surface area contributed by atoms with Gasteiger partial charge in [-0.15, -0.1) is 24.8 Å². The molecular formula is C11H20Cl2N2. The molecule has 0 aliphatic heterocycles. The molecule has 1 aromatic carbocycles. The van der Waals surface area contributed by atoms with E-state index in [2.05, 4.69) is 24.4 Å². The fourth-order valence-corrected chi connectivity index (χ4v) is 1.17. The standard InChI is InChI=1S/C11H18N2.2ClH/c1-2-3-8-13-9-10-4-6-11(12)7-5-10;;/h4-7,13H,2-3,8-9,12H2,1H3;2*1H. The van der Waals surface area contributed by atoms with Crippen LogP contribution in [0.15, 0.2) is 24.3 Å². The fraction of sp³-hybridized carbons (Fsp3) is 0.455. The molecule has 0 spiro atoms. The van der Waals surface area contributed by atoms with E-state index in [9.17, 15) is 0 Å². The van der Waals surface area contributed by atoms with Crippen molar-refractivity contribution >= 4 is 30.5 Å². The number of hydrogen-bond donors (Lipinski definition) is 2. The Balaban J connectivity index is 0. The summed E-state index contributed by atoms with van der Waals surface area (Å²) >= 11 is 0. The van der Waals surface area contributed by atoms with E-state index in [1.165, 1.54) is 18.4 Å². The van der Waals surface area contributed by atoms with Gasteiger partial charge in [0.25, 0.3) is 0 Å². The Morgan fingerprint density at radius 3 is 2.27 bits per heavy atom. The van der Waals surface area contributed by atoms with Gasteiger partial charge in [0.1, 0.15) is 0 Å². The lowest BCUT2D eigenvalue weighted by molar-refractivity contribution is 0.641. The summed E-state index contributed by atoms with van der Waals surface area (Å²) in [6.45, 7) is 4.24. The molecule has 0 unspecified atom stereocenters. The fourth-order valence-electron chi connectivity index (χ4n) is 1.17. The van der Waals surface area contributed by atoms with Gasteiger partial charge >= 0.3 is 0 Å². The lowest BCUT2D eigenvalue weighted by Gasteiger charge is -2.03. The van der Waals surface area contributed by atoms with Crippen LogP contribution in [0.3, 0.4) is 0 Å². The Kier molecular flexibility index (Phi) is 11.4. The zero-order chi connectivity index (χ0) is 9.52. The molecule has 0 aromatic heterocycles. The van der Waals surface area contributed by atoms with E-state index in [1.807, 2.05) is 12.1 Å². The summed E-state index contributed by atoms with van der Waals surface area (Å²) in [6, 6.07) is 8.01. The Hall–Kier alpha value is -0.440. The maximum atomic E-state index is 5.58. The van der Waals surface area contributed by atoms with Crippen molar-refractivity contribution in [3.8, 4) is 0 Å². The molecule has 1 aromatic rings. The molecule has 0 fully saturated rings. The normalized spacial score (nSPS) is 8.87.